The van der Waals surface area contributed by atoms with Crippen molar-refractivity contribution in [2.75, 3.05) is 0 Å². The lowest BCUT2D eigenvalue weighted by Gasteiger charge is -2.04. The normalized spacial score (nSPS) is 11.0. The molecule has 3 rings (SSSR count). The Morgan fingerprint density at radius 1 is 1.21 bits per heavy atom. The van der Waals surface area contributed by atoms with Crippen molar-refractivity contribution in [3.05, 3.63) is 92.7 Å². The summed E-state index contributed by atoms with van der Waals surface area (Å²) in [7, 11) is 0. The second-order valence-electron chi connectivity index (χ2n) is 5.96. The first-order valence-corrected chi connectivity index (χ1v) is 8.84. The number of nitrogens with one attached hydrogen (secondary N) is 1. The summed E-state index contributed by atoms with van der Waals surface area (Å²) >= 11 is 6.10. The molecule has 1 amide bonds. The highest BCUT2D eigenvalue weighted by atomic mass is 35.5. The van der Waals surface area contributed by atoms with Gasteiger partial charge in [-0.05, 0) is 23.8 Å². The molecule has 1 heterocycles. The van der Waals surface area contributed by atoms with Crippen LogP contribution in [-0.4, -0.2) is 10.8 Å². The van der Waals surface area contributed by atoms with Gasteiger partial charge in [-0.15, -0.1) is 0 Å². The zero-order valence-corrected chi connectivity index (χ0v) is 15.7. The fourth-order valence-corrected chi connectivity index (χ4v) is 2.82. The Balaban J connectivity index is 1.76. The van der Waals surface area contributed by atoms with Gasteiger partial charge in [0, 0.05) is 30.3 Å². The van der Waals surface area contributed by atoms with Crippen LogP contribution >= 0.6 is 11.6 Å². The van der Waals surface area contributed by atoms with Crippen molar-refractivity contribution in [3.8, 4) is 17.4 Å². The molecule has 0 saturated carbocycles. The van der Waals surface area contributed by atoms with Gasteiger partial charge in [0.1, 0.15) is 23.2 Å². The van der Waals surface area contributed by atoms with E-state index in [9.17, 15) is 20.2 Å². The van der Waals surface area contributed by atoms with E-state index in [2.05, 4.69) is 5.32 Å². The summed E-state index contributed by atoms with van der Waals surface area (Å²) in [5.74, 6) is 0.113. The SMILES string of the molecule is N#C/C(=C\c1ccc(-c2ccc([N+](=O)[O-])cc2Cl)o1)C(=O)NCc1ccccc1. The summed E-state index contributed by atoms with van der Waals surface area (Å²) in [5, 5.41) is 22.9. The molecule has 8 heteroatoms. The lowest BCUT2D eigenvalue weighted by Crippen LogP contribution is -2.23. The summed E-state index contributed by atoms with van der Waals surface area (Å²) in [6, 6.07) is 18.4. The zero-order chi connectivity index (χ0) is 20.8. The molecule has 0 radical (unpaired) electrons. The minimum absolute atomic E-state index is 0.114. The second kappa shape index (κ2) is 8.87. The Morgan fingerprint density at radius 2 is 1.97 bits per heavy atom. The fraction of sp³-hybridized carbons (Fsp3) is 0.0476. The number of hydrogen-bond donors (Lipinski definition) is 1. The molecule has 2 aromatic carbocycles. The van der Waals surface area contributed by atoms with Crippen LogP contribution in [-0.2, 0) is 11.3 Å². The molecule has 0 aliphatic heterocycles. The predicted molar refractivity (Wildman–Crippen MR) is 108 cm³/mol. The Labute approximate surface area is 171 Å². The van der Waals surface area contributed by atoms with Gasteiger partial charge in [0.05, 0.1) is 9.95 Å². The lowest BCUT2D eigenvalue weighted by molar-refractivity contribution is -0.384. The number of nitriles is 1. The summed E-state index contributed by atoms with van der Waals surface area (Å²) in [6.07, 6.45) is 1.32. The molecule has 7 nitrogen and oxygen atoms in total. The standard InChI is InChI=1S/C21H14ClN3O4/c22-19-11-16(25(27)28)6-8-18(19)20-9-7-17(29-20)10-15(12-23)21(26)24-13-14-4-2-1-3-5-14/h1-11H,13H2,(H,24,26)/b15-10+. The third-order valence-corrected chi connectivity index (χ3v) is 4.32. The van der Waals surface area contributed by atoms with Gasteiger partial charge >= 0.3 is 0 Å². The fourth-order valence-electron chi connectivity index (χ4n) is 2.56. The minimum atomic E-state index is -0.542. The van der Waals surface area contributed by atoms with Crippen LogP contribution < -0.4 is 5.32 Å². The molecule has 0 fully saturated rings. The summed E-state index contributed by atoms with van der Waals surface area (Å²) in [5.41, 5.74) is 1.12. The van der Waals surface area contributed by atoms with Gasteiger partial charge in [0.15, 0.2) is 0 Å². The van der Waals surface area contributed by atoms with E-state index in [1.54, 1.807) is 12.1 Å². The van der Waals surface area contributed by atoms with E-state index >= 15 is 0 Å². The maximum absolute atomic E-state index is 12.3. The molecule has 0 spiro atoms. The number of halogens is 1. The molecule has 1 aromatic heterocycles. The van der Waals surface area contributed by atoms with Crippen LogP contribution in [0.1, 0.15) is 11.3 Å². The first kappa shape index (κ1) is 19.9. The maximum Gasteiger partial charge on any atom is 0.270 e. The molecular weight excluding hydrogens is 394 g/mol. The van der Waals surface area contributed by atoms with Crippen molar-refractivity contribution >= 4 is 29.3 Å². The molecule has 144 valence electrons. The van der Waals surface area contributed by atoms with Crippen LogP contribution in [0.5, 0.6) is 0 Å². The summed E-state index contributed by atoms with van der Waals surface area (Å²) < 4.78 is 5.63. The Bertz CT molecular complexity index is 1130. The minimum Gasteiger partial charge on any atom is -0.457 e. The van der Waals surface area contributed by atoms with Gasteiger partial charge in [-0.3, -0.25) is 14.9 Å². The van der Waals surface area contributed by atoms with Gasteiger partial charge in [-0.2, -0.15) is 5.26 Å². The number of benzene rings is 2. The number of nitro groups is 1. The van der Waals surface area contributed by atoms with Crippen molar-refractivity contribution in [3.63, 3.8) is 0 Å². The average Bonchev–Trinajstić information content (AvgIpc) is 3.19. The highest BCUT2D eigenvalue weighted by Crippen LogP contribution is 2.32. The average molecular weight is 408 g/mol. The molecule has 0 unspecified atom stereocenters. The molecule has 0 bridgehead atoms. The highest BCUT2D eigenvalue weighted by molar-refractivity contribution is 6.33. The number of furan rings is 1. The van der Waals surface area contributed by atoms with E-state index in [1.807, 2.05) is 36.4 Å². The maximum atomic E-state index is 12.3. The van der Waals surface area contributed by atoms with Crippen molar-refractivity contribution in [1.29, 1.82) is 5.26 Å². The predicted octanol–water partition coefficient (Wildman–Crippen LogP) is 4.73. The largest absolute Gasteiger partial charge is 0.457 e. The highest BCUT2D eigenvalue weighted by Gasteiger charge is 2.14. The van der Waals surface area contributed by atoms with E-state index in [0.29, 0.717) is 17.9 Å². The van der Waals surface area contributed by atoms with Gasteiger partial charge in [-0.25, -0.2) is 0 Å². The quantitative estimate of drug-likeness (QED) is 0.275. The third-order valence-electron chi connectivity index (χ3n) is 4.00. The van der Waals surface area contributed by atoms with E-state index < -0.39 is 10.8 Å². The number of nitrogens with zero attached hydrogens (tertiary/aromatic N) is 2. The second-order valence-corrected chi connectivity index (χ2v) is 6.37. The van der Waals surface area contributed by atoms with Gasteiger partial charge < -0.3 is 9.73 Å². The number of hydrogen-bond acceptors (Lipinski definition) is 5. The third kappa shape index (κ3) is 4.89. The van der Waals surface area contributed by atoms with Gasteiger partial charge in [0.25, 0.3) is 11.6 Å². The zero-order valence-electron chi connectivity index (χ0n) is 15.0. The summed E-state index contributed by atoms with van der Waals surface area (Å²) in [4.78, 5) is 22.5. The number of non-ortho nitro benzene ring substituents is 1. The monoisotopic (exact) mass is 407 g/mol. The lowest BCUT2D eigenvalue weighted by atomic mass is 10.1. The topological polar surface area (TPSA) is 109 Å². The van der Waals surface area contributed by atoms with E-state index in [-0.39, 0.29) is 22.0 Å². The number of carbonyl (C=O) groups excluding carboxylic acids is 1. The molecule has 3 aromatic rings. The van der Waals surface area contributed by atoms with Crippen LogP contribution in [0.3, 0.4) is 0 Å². The molecule has 0 aliphatic carbocycles. The van der Waals surface area contributed by atoms with Crippen molar-refractivity contribution in [1.82, 2.24) is 5.32 Å². The number of amides is 1. The molecule has 1 N–H and O–H groups in total. The number of nitro benzene ring substituents is 1. The first-order chi connectivity index (χ1) is 14.0. The molecule has 0 atom stereocenters. The van der Waals surface area contributed by atoms with Crippen LogP contribution in [0, 0.1) is 21.4 Å². The van der Waals surface area contributed by atoms with Crippen LogP contribution in [0.4, 0.5) is 5.69 Å². The van der Waals surface area contributed by atoms with Crippen molar-refractivity contribution in [2.24, 2.45) is 0 Å². The Morgan fingerprint density at radius 3 is 2.62 bits per heavy atom. The van der Waals surface area contributed by atoms with Crippen molar-refractivity contribution < 1.29 is 14.1 Å². The molecular formula is C21H14ClN3O4. The molecule has 29 heavy (non-hydrogen) atoms. The van der Waals surface area contributed by atoms with E-state index in [4.69, 9.17) is 16.0 Å². The van der Waals surface area contributed by atoms with Gasteiger partial charge in [0.2, 0.25) is 0 Å². The number of rotatable bonds is 6. The Hall–Kier alpha value is -3.89. The first-order valence-electron chi connectivity index (χ1n) is 8.46. The van der Waals surface area contributed by atoms with Gasteiger partial charge in [-0.1, -0.05) is 41.9 Å². The number of carbonyl (C=O) groups is 1. The smallest absolute Gasteiger partial charge is 0.270 e. The van der Waals surface area contributed by atoms with Crippen LogP contribution in [0.2, 0.25) is 5.02 Å². The van der Waals surface area contributed by atoms with Crippen LogP contribution in [0.25, 0.3) is 17.4 Å². The summed E-state index contributed by atoms with van der Waals surface area (Å²) in [6.45, 7) is 0.292. The molecule has 0 aliphatic rings. The van der Waals surface area contributed by atoms with E-state index in [1.165, 1.54) is 24.3 Å². The van der Waals surface area contributed by atoms with Crippen molar-refractivity contribution in [2.45, 2.75) is 6.54 Å². The van der Waals surface area contributed by atoms with E-state index in [0.717, 1.165) is 5.56 Å². The molecule has 0 saturated heterocycles. The Kier molecular flexibility index (Phi) is 6.07. The van der Waals surface area contributed by atoms with Crippen LogP contribution in [0.15, 0.2) is 70.7 Å².